The predicted molar refractivity (Wildman–Crippen MR) is 66.0 cm³/mol. The number of aromatic nitrogens is 1. The Morgan fingerprint density at radius 2 is 1.75 bits per heavy atom. The van der Waals surface area contributed by atoms with Crippen LogP contribution in [0.1, 0.15) is 17.0 Å². The van der Waals surface area contributed by atoms with E-state index >= 15 is 0 Å². The number of hydrogen-bond acceptors (Lipinski definition) is 1. The molecule has 2 rings (SSSR count). The fraction of sp³-hybridized carbons (Fsp3) is 0.286. The van der Waals surface area contributed by atoms with E-state index in [1.165, 1.54) is 22.6 Å². The van der Waals surface area contributed by atoms with Crippen LogP contribution in [0.25, 0.3) is 5.69 Å². The van der Waals surface area contributed by atoms with Gasteiger partial charge in [0.15, 0.2) is 0 Å². The average molecular weight is 215 g/mol. The van der Waals surface area contributed by atoms with Crippen molar-refractivity contribution in [1.82, 2.24) is 4.57 Å². The van der Waals surface area contributed by atoms with Crippen LogP contribution in [0.5, 0.6) is 0 Å². The third-order valence-electron chi connectivity index (χ3n) is 2.75. The molecule has 16 heavy (non-hydrogen) atoms. The summed E-state index contributed by atoms with van der Waals surface area (Å²) in [7, 11) is 1.72. The van der Waals surface area contributed by atoms with Gasteiger partial charge < -0.3 is 9.30 Å². The molecule has 0 fully saturated rings. The van der Waals surface area contributed by atoms with E-state index in [-0.39, 0.29) is 0 Å². The van der Waals surface area contributed by atoms with Crippen LogP contribution in [-0.4, -0.2) is 11.7 Å². The molecule has 0 N–H and O–H groups in total. The van der Waals surface area contributed by atoms with Gasteiger partial charge in [0.05, 0.1) is 6.61 Å². The number of rotatable bonds is 3. The van der Waals surface area contributed by atoms with Gasteiger partial charge in [0.1, 0.15) is 0 Å². The van der Waals surface area contributed by atoms with E-state index in [1.807, 2.05) is 0 Å². The lowest BCUT2D eigenvalue weighted by atomic mass is 10.2. The summed E-state index contributed by atoms with van der Waals surface area (Å²) in [5.74, 6) is 0. The molecule has 2 nitrogen and oxygen atoms in total. The van der Waals surface area contributed by atoms with E-state index in [9.17, 15) is 0 Å². The minimum Gasteiger partial charge on any atom is -0.380 e. The van der Waals surface area contributed by atoms with Gasteiger partial charge in [0.2, 0.25) is 0 Å². The molecule has 2 heteroatoms. The molecule has 0 saturated carbocycles. The summed E-state index contributed by atoms with van der Waals surface area (Å²) in [5, 5.41) is 0. The molecule has 0 aliphatic heterocycles. The Bertz CT molecular complexity index is 466. The van der Waals surface area contributed by atoms with Gasteiger partial charge in [-0.25, -0.2) is 0 Å². The summed E-state index contributed by atoms with van der Waals surface area (Å²) in [6, 6.07) is 12.7. The smallest absolute Gasteiger partial charge is 0.0713 e. The van der Waals surface area contributed by atoms with Crippen LogP contribution in [-0.2, 0) is 11.3 Å². The van der Waals surface area contributed by atoms with Gasteiger partial charge in [0, 0.05) is 24.2 Å². The SMILES string of the molecule is COCc1cccc(-n2c(C)ccc2C)c1. The lowest BCUT2D eigenvalue weighted by molar-refractivity contribution is 0.185. The summed E-state index contributed by atoms with van der Waals surface area (Å²) < 4.78 is 7.40. The highest BCUT2D eigenvalue weighted by Gasteiger charge is 2.04. The molecule has 0 spiro atoms. The second kappa shape index (κ2) is 4.54. The average Bonchev–Trinajstić information content (AvgIpc) is 2.59. The van der Waals surface area contributed by atoms with Crippen molar-refractivity contribution in [3.8, 4) is 5.69 Å². The fourth-order valence-electron chi connectivity index (χ4n) is 2.03. The molecular formula is C14H17NO. The largest absolute Gasteiger partial charge is 0.380 e. The summed E-state index contributed by atoms with van der Waals surface area (Å²) in [6.45, 7) is 4.90. The highest BCUT2D eigenvalue weighted by atomic mass is 16.5. The third-order valence-corrected chi connectivity index (χ3v) is 2.75. The van der Waals surface area contributed by atoms with Crippen LogP contribution in [0.15, 0.2) is 36.4 Å². The van der Waals surface area contributed by atoms with E-state index in [2.05, 4.69) is 54.8 Å². The topological polar surface area (TPSA) is 14.2 Å². The first-order valence-corrected chi connectivity index (χ1v) is 5.45. The maximum Gasteiger partial charge on any atom is 0.0713 e. The van der Waals surface area contributed by atoms with E-state index in [4.69, 9.17) is 4.74 Å². The van der Waals surface area contributed by atoms with Gasteiger partial charge in [-0.1, -0.05) is 12.1 Å². The normalized spacial score (nSPS) is 10.7. The third kappa shape index (κ3) is 2.02. The summed E-state index contributed by atoms with van der Waals surface area (Å²) in [5.41, 5.74) is 4.92. The highest BCUT2D eigenvalue weighted by Crippen LogP contribution is 2.17. The molecule has 0 bridgehead atoms. The lowest BCUT2D eigenvalue weighted by Gasteiger charge is -2.10. The summed E-state index contributed by atoms with van der Waals surface area (Å²) >= 11 is 0. The molecule has 0 atom stereocenters. The number of benzene rings is 1. The Labute approximate surface area is 96.5 Å². The summed E-state index contributed by atoms with van der Waals surface area (Å²) in [6.07, 6.45) is 0. The molecule has 1 aromatic carbocycles. The highest BCUT2D eigenvalue weighted by molar-refractivity contribution is 5.40. The number of hydrogen-bond donors (Lipinski definition) is 0. The molecular weight excluding hydrogens is 198 g/mol. The van der Waals surface area contributed by atoms with Crippen molar-refractivity contribution in [2.24, 2.45) is 0 Å². The minimum atomic E-state index is 0.660. The van der Waals surface area contributed by atoms with E-state index in [1.54, 1.807) is 7.11 Å². The van der Waals surface area contributed by atoms with Crippen molar-refractivity contribution in [3.05, 3.63) is 53.3 Å². The fourth-order valence-corrected chi connectivity index (χ4v) is 2.03. The molecule has 2 aromatic rings. The quantitative estimate of drug-likeness (QED) is 0.766. The predicted octanol–water partition coefficient (Wildman–Crippen LogP) is 3.24. The summed E-state index contributed by atoms with van der Waals surface area (Å²) in [4.78, 5) is 0. The van der Waals surface area contributed by atoms with Crippen molar-refractivity contribution < 1.29 is 4.74 Å². The Hall–Kier alpha value is -1.54. The second-order valence-corrected chi connectivity index (χ2v) is 4.05. The van der Waals surface area contributed by atoms with Crippen molar-refractivity contribution in [2.45, 2.75) is 20.5 Å². The maximum absolute atomic E-state index is 5.15. The molecule has 0 aliphatic carbocycles. The zero-order valence-corrected chi connectivity index (χ0v) is 10.0. The number of nitrogens with zero attached hydrogens (tertiary/aromatic N) is 1. The van der Waals surface area contributed by atoms with Gasteiger partial charge in [0.25, 0.3) is 0 Å². The molecule has 1 aromatic heterocycles. The molecule has 0 radical (unpaired) electrons. The van der Waals surface area contributed by atoms with Crippen LogP contribution in [0.4, 0.5) is 0 Å². The van der Waals surface area contributed by atoms with Crippen LogP contribution in [0.2, 0.25) is 0 Å². The Kier molecular flexibility index (Phi) is 3.11. The molecule has 84 valence electrons. The first-order valence-electron chi connectivity index (χ1n) is 5.45. The van der Waals surface area contributed by atoms with Crippen molar-refractivity contribution in [2.75, 3.05) is 7.11 Å². The Balaban J connectivity index is 2.44. The first kappa shape index (κ1) is 11.0. The van der Waals surface area contributed by atoms with Crippen molar-refractivity contribution >= 4 is 0 Å². The van der Waals surface area contributed by atoms with E-state index in [0.29, 0.717) is 6.61 Å². The van der Waals surface area contributed by atoms with Crippen molar-refractivity contribution in [3.63, 3.8) is 0 Å². The van der Waals surface area contributed by atoms with Gasteiger partial charge in [-0.2, -0.15) is 0 Å². The number of methoxy groups -OCH3 is 1. The zero-order chi connectivity index (χ0) is 11.5. The van der Waals surface area contributed by atoms with E-state index in [0.717, 1.165) is 0 Å². The monoisotopic (exact) mass is 215 g/mol. The van der Waals surface area contributed by atoms with Crippen LogP contribution in [0.3, 0.4) is 0 Å². The van der Waals surface area contributed by atoms with Crippen molar-refractivity contribution in [1.29, 1.82) is 0 Å². The zero-order valence-electron chi connectivity index (χ0n) is 10.0. The van der Waals surface area contributed by atoms with E-state index < -0.39 is 0 Å². The lowest BCUT2D eigenvalue weighted by Crippen LogP contribution is -1.99. The van der Waals surface area contributed by atoms with Gasteiger partial charge in [-0.05, 0) is 43.7 Å². The second-order valence-electron chi connectivity index (χ2n) is 4.05. The minimum absolute atomic E-state index is 0.660. The standard InChI is InChI=1S/C14H17NO/c1-11-7-8-12(2)15(11)14-6-4-5-13(9-14)10-16-3/h4-9H,10H2,1-3H3. The van der Waals surface area contributed by atoms with Crippen LogP contribution >= 0.6 is 0 Å². The molecule has 0 amide bonds. The first-order chi connectivity index (χ1) is 7.72. The van der Waals surface area contributed by atoms with Gasteiger partial charge >= 0.3 is 0 Å². The molecule has 0 saturated heterocycles. The van der Waals surface area contributed by atoms with Gasteiger partial charge in [-0.3, -0.25) is 0 Å². The van der Waals surface area contributed by atoms with Gasteiger partial charge in [-0.15, -0.1) is 0 Å². The van der Waals surface area contributed by atoms with Crippen LogP contribution in [0, 0.1) is 13.8 Å². The molecule has 1 heterocycles. The maximum atomic E-state index is 5.15. The molecule has 0 unspecified atom stereocenters. The number of aryl methyl sites for hydroxylation is 2. The number of ether oxygens (including phenoxy) is 1. The Morgan fingerprint density at radius 1 is 1.06 bits per heavy atom. The molecule has 0 aliphatic rings. The Morgan fingerprint density at radius 3 is 2.38 bits per heavy atom. The van der Waals surface area contributed by atoms with Crippen LogP contribution < -0.4 is 0 Å².